The van der Waals surface area contributed by atoms with Crippen molar-refractivity contribution >= 4 is 5.69 Å². The lowest BCUT2D eigenvalue weighted by molar-refractivity contribution is -0.384. The lowest BCUT2D eigenvalue weighted by atomic mass is 9.95. The van der Waals surface area contributed by atoms with Gasteiger partial charge in [-0.15, -0.1) is 0 Å². The predicted molar refractivity (Wildman–Crippen MR) is 64.1 cm³/mol. The topological polar surface area (TPSA) is 78.4 Å². The molecular formula is C12H16N2O3. The smallest absolute Gasteiger partial charge is 0.269 e. The Bertz CT molecular complexity index is 441. The molecular weight excluding hydrogens is 220 g/mol. The predicted octanol–water partition coefficient (Wildman–Crippen LogP) is 1.88. The van der Waals surface area contributed by atoms with Crippen molar-refractivity contribution in [2.75, 3.05) is 13.7 Å². The molecule has 17 heavy (non-hydrogen) atoms. The zero-order valence-corrected chi connectivity index (χ0v) is 9.81. The summed E-state index contributed by atoms with van der Waals surface area (Å²) < 4.78 is 5.23. The molecule has 1 aliphatic carbocycles. The third-order valence-corrected chi connectivity index (χ3v) is 3.43. The number of nitrogens with two attached hydrogens (primary N) is 1. The van der Waals surface area contributed by atoms with Crippen LogP contribution in [0.25, 0.3) is 0 Å². The minimum absolute atomic E-state index is 0.105. The molecule has 0 aliphatic heterocycles. The van der Waals surface area contributed by atoms with Gasteiger partial charge in [0.05, 0.1) is 12.0 Å². The molecule has 0 amide bonds. The number of methoxy groups -OCH3 is 1. The summed E-state index contributed by atoms with van der Waals surface area (Å²) >= 11 is 0. The van der Waals surface area contributed by atoms with Crippen LogP contribution in [0, 0.1) is 15.5 Å². The Labute approximate surface area is 99.7 Å². The van der Waals surface area contributed by atoms with E-state index in [1.165, 1.54) is 6.07 Å². The molecule has 1 aromatic rings. The highest BCUT2D eigenvalue weighted by Crippen LogP contribution is 2.48. The van der Waals surface area contributed by atoms with Gasteiger partial charge in [0, 0.05) is 17.7 Å². The van der Waals surface area contributed by atoms with Gasteiger partial charge < -0.3 is 10.5 Å². The van der Waals surface area contributed by atoms with Gasteiger partial charge in [0.1, 0.15) is 5.75 Å². The number of nitro benzene ring substituents is 1. The van der Waals surface area contributed by atoms with Gasteiger partial charge in [0.15, 0.2) is 0 Å². The summed E-state index contributed by atoms with van der Waals surface area (Å²) in [7, 11) is 1.58. The van der Waals surface area contributed by atoms with Crippen molar-refractivity contribution in [3.05, 3.63) is 33.9 Å². The van der Waals surface area contributed by atoms with Crippen molar-refractivity contribution in [2.45, 2.75) is 19.3 Å². The second-order valence-electron chi connectivity index (χ2n) is 4.63. The second-order valence-corrected chi connectivity index (χ2v) is 4.63. The summed E-state index contributed by atoms with van der Waals surface area (Å²) in [6.45, 7) is 0.624. The molecule has 0 aromatic heterocycles. The maximum Gasteiger partial charge on any atom is 0.269 e. The number of nitrogens with zero attached hydrogens (tertiary/aromatic N) is 1. The largest absolute Gasteiger partial charge is 0.496 e. The molecule has 5 nitrogen and oxygen atoms in total. The minimum Gasteiger partial charge on any atom is -0.496 e. The molecule has 2 N–H and O–H groups in total. The van der Waals surface area contributed by atoms with E-state index in [1.54, 1.807) is 19.2 Å². The quantitative estimate of drug-likeness (QED) is 0.625. The maximum absolute atomic E-state index is 10.7. The first-order valence-electron chi connectivity index (χ1n) is 5.62. The van der Waals surface area contributed by atoms with E-state index in [0.29, 0.717) is 12.3 Å². The number of hydrogen-bond donors (Lipinski definition) is 1. The van der Waals surface area contributed by atoms with Gasteiger partial charge in [-0.1, -0.05) is 0 Å². The molecule has 1 aromatic carbocycles. The molecule has 0 bridgehead atoms. The fourth-order valence-electron chi connectivity index (χ4n) is 2.05. The SMILES string of the molecule is COc1ccc([N+](=O)[O-])cc1CC1(CN)CC1. The van der Waals surface area contributed by atoms with Gasteiger partial charge >= 0.3 is 0 Å². The Morgan fingerprint density at radius 2 is 2.24 bits per heavy atom. The Balaban J connectivity index is 2.29. The second kappa shape index (κ2) is 4.33. The molecule has 1 aliphatic rings. The van der Waals surface area contributed by atoms with Crippen LogP contribution in [0.4, 0.5) is 5.69 Å². The molecule has 2 rings (SSSR count). The van der Waals surface area contributed by atoms with Crippen LogP contribution in [0.5, 0.6) is 5.75 Å². The van der Waals surface area contributed by atoms with Crippen LogP contribution in [0.15, 0.2) is 18.2 Å². The molecule has 0 unspecified atom stereocenters. The first-order chi connectivity index (χ1) is 8.10. The van der Waals surface area contributed by atoms with Gasteiger partial charge in [-0.05, 0) is 37.3 Å². The van der Waals surface area contributed by atoms with Crippen molar-refractivity contribution in [3.63, 3.8) is 0 Å². The van der Waals surface area contributed by atoms with Crippen LogP contribution in [0.3, 0.4) is 0 Å². The standard InChI is InChI=1S/C12H16N2O3/c1-17-11-3-2-10(14(15)16)6-9(11)7-12(8-13)4-5-12/h2-3,6H,4-5,7-8,13H2,1H3. The molecule has 0 saturated heterocycles. The zero-order valence-electron chi connectivity index (χ0n) is 9.81. The lowest BCUT2D eigenvalue weighted by Crippen LogP contribution is -2.18. The van der Waals surface area contributed by atoms with E-state index in [0.717, 1.165) is 24.8 Å². The van der Waals surface area contributed by atoms with E-state index < -0.39 is 0 Å². The van der Waals surface area contributed by atoms with Crippen LogP contribution >= 0.6 is 0 Å². The van der Waals surface area contributed by atoms with Crippen LogP contribution in [0.1, 0.15) is 18.4 Å². The Morgan fingerprint density at radius 3 is 2.71 bits per heavy atom. The molecule has 1 saturated carbocycles. The summed E-state index contributed by atoms with van der Waals surface area (Å²) in [5.74, 6) is 0.704. The number of hydrogen-bond acceptors (Lipinski definition) is 4. The minimum atomic E-state index is -0.384. The van der Waals surface area contributed by atoms with Gasteiger partial charge in [0.2, 0.25) is 0 Å². The molecule has 0 atom stereocenters. The van der Waals surface area contributed by atoms with E-state index in [4.69, 9.17) is 10.5 Å². The summed E-state index contributed by atoms with van der Waals surface area (Å²) in [4.78, 5) is 10.4. The third kappa shape index (κ3) is 2.39. The van der Waals surface area contributed by atoms with Crippen molar-refractivity contribution in [3.8, 4) is 5.75 Å². The summed E-state index contributed by atoms with van der Waals surface area (Å²) in [6, 6.07) is 4.71. The highest BCUT2D eigenvalue weighted by atomic mass is 16.6. The number of ether oxygens (including phenoxy) is 1. The molecule has 0 spiro atoms. The highest BCUT2D eigenvalue weighted by Gasteiger charge is 2.41. The van der Waals surface area contributed by atoms with Crippen molar-refractivity contribution in [2.24, 2.45) is 11.1 Å². The fraction of sp³-hybridized carbons (Fsp3) is 0.500. The lowest BCUT2D eigenvalue weighted by Gasteiger charge is -2.14. The van der Waals surface area contributed by atoms with Crippen molar-refractivity contribution < 1.29 is 9.66 Å². The van der Waals surface area contributed by atoms with Crippen LogP contribution in [0.2, 0.25) is 0 Å². The summed E-state index contributed by atoms with van der Waals surface area (Å²) in [5, 5.41) is 10.7. The van der Waals surface area contributed by atoms with Gasteiger partial charge in [-0.3, -0.25) is 10.1 Å². The molecule has 0 radical (unpaired) electrons. The van der Waals surface area contributed by atoms with Gasteiger partial charge in [0.25, 0.3) is 5.69 Å². The molecule has 1 fully saturated rings. The maximum atomic E-state index is 10.7. The van der Waals surface area contributed by atoms with Crippen LogP contribution < -0.4 is 10.5 Å². The zero-order chi connectivity index (χ0) is 12.5. The first-order valence-corrected chi connectivity index (χ1v) is 5.62. The van der Waals surface area contributed by atoms with Crippen LogP contribution in [-0.4, -0.2) is 18.6 Å². The summed E-state index contributed by atoms with van der Waals surface area (Å²) in [6.07, 6.45) is 2.94. The average Bonchev–Trinajstić information content (AvgIpc) is 3.09. The highest BCUT2D eigenvalue weighted by molar-refractivity contribution is 5.44. The normalized spacial score (nSPS) is 16.6. The molecule has 5 heteroatoms. The Morgan fingerprint density at radius 1 is 1.53 bits per heavy atom. The number of rotatable bonds is 5. The van der Waals surface area contributed by atoms with Crippen molar-refractivity contribution in [1.29, 1.82) is 0 Å². The average molecular weight is 236 g/mol. The fourth-order valence-corrected chi connectivity index (χ4v) is 2.05. The first kappa shape index (κ1) is 11.9. The number of nitro groups is 1. The number of benzene rings is 1. The monoisotopic (exact) mass is 236 g/mol. The van der Waals surface area contributed by atoms with E-state index in [9.17, 15) is 10.1 Å². The van der Waals surface area contributed by atoms with Gasteiger partial charge in [-0.2, -0.15) is 0 Å². The van der Waals surface area contributed by atoms with Gasteiger partial charge in [-0.25, -0.2) is 0 Å². The Kier molecular flexibility index (Phi) is 3.02. The van der Waals surface area contributed by atoms with E-state index in [-0.39, 0.29) is 16.0 Å². The molecule has 0 heterocycles. The third-order valence-electron chi connectivity index (χ3n) is 3.43. The Hall–Kier alpha value is -1.62. The number of non-ortho nitro benzene ring substituents is 1. The summed E-state index contributed by atoms with van der Waals surface area (Å²) in [5.41, 5.74) is 6.86. The molecule has 92 valence electrons. The van der Waals surface area contributed by atoms with Crippen molar-refractivity contribution in [1.82, 2.24) is 0 Å². The van der Waals surface area contributed by atoms with Crippen LogP contribution in [-0.2, 0) is 6.42 Å². The van der Waals surface area contributed by atoms with E-state index in [2.05, 4.69) is 0 Å². The van der Waals surface area contributed by atoms with E-state index in [1.807, 2.05) is 0 Å². The van der Waals surface area contributed by atoms with E-state index >= 15 is 0 Å².